The molecule has 1 unspecified atom stereocenters. The van der Waals surface area contributed by atoms with Gasteiger partial charge in [-0.05, 0) is 33.0 Å². The van der Waals surface area contributed by atoms with Crippen LogP contribution in [0.25, 0.3) is 0 Å². The molecule has 0 aromatic heterocycles. The predicted molar refractivity (Wildman–Crippen MR) is 55.0 cm³/mol. The first-order valence-corrected chi connectivity index (χ1v) is 5.35. The number of ether oxygens (including phenoxy) is 1. The van der Waals surface area contributed by atoms with Crippen molar-refractivity contribution in [1.29, 1.82) is 0 Å². The van der Waals surface area contributed by atoms with Gasteiger partial charge in [0.25, 0.3) is 0 Å². The zero-order chi connectivity index (χ0) is 9.52. The first-order valence-electron chi connectivity index (χ1n) is 5.35. The summed E-state index contributed by atoms with van der Waals surface area (Å²) in [4.78, 5) is 2.56. The molecule has 1 aliphatic heterocycles. The van der Waals surface area contributed by atoms with Gasteiger partial charge < -0.3 is 10.1 Å². The third-order valence-electron chi connectivity index (χ3n) is 2.69. The smallest absolute Gasteiger partial charge is 0.0622 e. The SMILES string of the molecule is CCC1COCCN1CCCNC. The van der Waals surface area contributed by atoms with E-state index in [9.17, 15) is 0 Å². The van der Waals surface area contributed by atoms with Crippen LogP contribution in [-0.4, -0.2) is 50.8 Å². The molecule has 1 N–H and O–H groups in total. The van der Waals surface area contributed by atoms with E-state index in [4.69, 9.17) is 4.74 Å². The van der Waals surface area contributed by atoms with E-state index in [1.54, 1.807) is 0 Å². The lowest BCUT2D eigenvalue weighted by Crippen LogP contribution is -2.45. The van der Waals surface area contributed by atoms with E-state index in [1.165, 1.54) is 19.4 Å². The monoisotopic (exact) mass is 186 g/mol. The maximum atomic E-state index is 5.45. The summed E-state index contributed by atoms with van der Waals surface area (Å²) >= 11 is 0. The number of nitrogens with one attached hydrogen (secondary N) is 1. The summed E-state index contributed by atoms with van der Waals surface area (Å²) in [6, 6.07) is 0.658. The average Bonchev–Trinajstić information content (AvgIpc) is 2.19. The highest BCUT2D eigenvalue weighted by Crippen LogP contribution is 2.09. The van der Waals surface area contributed by atoms with E-state index in [0.29, 0.717) is 6.04 Å². The Hall–Kier alpha value is -0.120. The lowest BCUT2D eigenvalue weighted by Gasteiger charge is -2.34. The van der Waals surface area contributed by atoms with Gasteiger partial charge >= 0.3 is 0 Å². The number of rotatable bonds is 5. The highest BCUT2D eigenvalue weighted by atomic mass is 16.5. The second kappa shape index (κ2) is 6.35. The topological polar surface area (TPSA) is 24.5 Å². The van der Waals surface area contributed by atoms with Crippen LogP contribution < -0.4 is 5.32 Å². The first kappa shape index (κ1) is 11.0. The molecule has 0 aromatic carbocycles. The Morgan fingerprint density at radius 3 is 3.08 bits per heavy atom. The van der Waals surface area contributed by atoms with Crippen molar-refractivity contribution in [3.05, 3.63) is 0 Å². The van der Waals surface area contributed by atoms with Crippen molar-refractivity contribution in [3.63, 3.8) is 0 Å². The van der Waals surface area contributed by atoms with Gasteiger partial charge in [0.2, 0.25) is 0 Å². The van der Waals surface area contributed by atoms with Crippen molar-refractivity contribution in [3.8, 4) is 0 Å². The average molecular weight is 186 g/mol. The Labute approximate surface area is 81.4 Å². The van der Waals surface area contributed by atoms with Crippen molar-refractivity contribution in [2.45, 2.75) is 25.8 Å². The molecule has 0 saturated carbocycles. The standard InChI is InChI=1S/C10H22N2O/c1-3-10-9-13-8-7-12(10)6-4-5-11-2/h10-11H,3-9H2,1-2H3. The van der Waals surface area contributed by atoms with Crippen LogP contribution in [0.1, 0.15) is 19.8 Å². The van der Waals surface area contributed by atoms with E-state index in [0.717, 1.165) is 26.3 Å². The summed E-state index contributed by atoms with van der Waals surface area (Å²) in [5.41, 5.74) is 0. The van der Waals surface area contributed by atoms with Crippen molar-refractivity contribution in [2.75, 3.05) is 39.9 Å². The second-order valence-electron chi connectivity index (χ2n) is 3.63. The summed E-state index contributed by atoms with van der Waals surface area (Å²) in [7, 11) is 2.01. The maximum Gasteiger partial charge on any atom is 0.0622 e. The molecule has 0 radical (unpaired) electrons. The molecular weight excluding hydrogens is 164 g/mol. The molecule has 0 aliphatic carbocycles. The molecule has 78 valence electrons. The van der Waals surface area contributed by atoms with E-state index >= 15 is 0 Å². The van der Waals surface area contributed by atoms with Crippen molar-refractivity contribution in [2.24, 2.45) is 0 Å². The van der Waals surface area contributed by atoms with Crippen LogP contribution in [0.3, 0.4) is 0 Å². The summed E-state index contributed by atoms with van der Waals surface area (Å²) in [5.74, 6) is 0. The van der Waals surface area contributed by atoms with Crippen molar-refractivity contribution in [1.82, 2.24) is 10.2 Å². The van der Waals surface area contributed by atoms with Gasteiger partial charge in [-0.2, -0.15) is 0 Å². The van der Waals surface area contributed by atoms with Crippen LogP contribution in [0.5, 0.6) is 0 Å². The lowest BCUT2D eigenvalue weighted by atomic mass is 10.1. The van der Waals surface area contributed by atoms with E-state index < -0.39 is 0 Å². The third-order valence-corrected chi connectivity index (χ3v) is 2.69. The molecular formula is C10H22N2O. The molecule has 1 heterocycles. The molecule has 1 atom stereocenters. The van der Waals surface area contributed by atoms with Gasteiger partial charge in [0.05, 0.1) is 13.2 Å². The van der Waals surface area contributed by atoms with Gasteiger partial charge in [0.15, 0.2) is 0 Å². The Kier molecular flexibility index (Phi) is 5.35. The van der Waals surface area contributed by atoms with Gasteiger partial charge in [0.1, 0.15) is 0 Å². The van der Waals surface area contributed by atoms with Crippen molar-refractivity contribution >= 4 is 0 Å². The molecule has 1 saturated heterocycles. The van der Waals surface area contributed by atoms with E-state index in [1.807, 2.05) is 7.05 Å². The molecule has 1 rings (SSSR count). The molecule has 13 heavy (non-hydrogen) atoms. The highest BCUT2D eigenvalue weighted by molar-refractivity contribution is 4.73. The van der Waals surface area contributed by atoms with Crippen LogP contribution in [0, 0.1) is 0 Å². The van der Waals surface area contributed by atoms with Gasteiger partial charge in [-0.3, -0.25) is 4.90 Å². The molecule has 0 bridgehead atoms. The fraction of sp³-hybridized carbons (Fsp3) is 1.00. The minimum atomic E-state index is 0.658. The van der Waals surface area contributed by atoms with E-state index in [2.05, 4.69) is 17.1 Å². The van der Waals surface area contributed by atoms with Gasteiger partial charge in [-0.25, -0.2) is 0 Å². The molecule has 0 aromatic rings. The maximum absolute atomic E-state index is 5.45. The summed E-state index contributed by atoms with van der Waals surface area (Å²) in [6.45, 7) is 7.52. The normalized spacial score (nSPS) is 24.9. The predicted octanol–water partition coefficient (Wildman–Crippen LogP) is 0.707. The quantitative estimate of drug-likeness (QED) is 0.640. The second-order valence-corrected chi connectivity index (χ2v) is 3.63. The Bertz CT molecular complexity index is 130. The largest absolute Gasteiger partial charge is 0.378 e. The zero-order valence-corrected chi connectivity index (χ0v) is 8.88. The van der Waals surface area contributed by atoms with Crippen LogP contribution in [-0.2, 0) is 4.74 Å². The molecule has 1 fully saturated rings. The zero-order valence-electron chi connectivity index (χ0n) is 8.88. The van der Waals surface area contributed by atoms with Crippen LogP contribution in [0.2, 0.25) is 0 Å². The number of nitrogens with zero attached hydrogens (tertiary/aromatic N) is 1. The fourth-order valence-corrected chi connectivity index (χ4v) is 1.82. The first-order chi connectivity index (χ1) is 6.38. The van der Waals surface area contributed by atoms with Crippen LogP contribution in [0.4, 0.5) is 0 Å². The van der Waals surface area contributed by atoms with E-state index in [-0.39, 0.29) is 0 Å². The molecule has 3 heteroatoms. The minimum absolute atomic E-state index is 0.658. The summed E-state index contributed by atoms with van der Waals surface area (Å²) in [5, 5.41) is 3.18. The molecule has 3 nitrogen and oxygen atoms in total. The third kappa shape index (κ3) is 3.63. The molecule has 0 spiro atoms. The minimum Gasteiger partial charge on any atom is -0.378 e. The van der Waals surface area contributed by atoms with Crippen molar-refractivity contribution < 1.29 is 4.74 Å². The van der Waals surface area contributed by atoms with Crippen LogP contribution >= 0.6 is 0 Å². The Balaban J connectivity index is 2.19. The van der Waals surface area contributed by atoms with Gasteiger partial charge in [-0.15, -0.1) is 0 Å². The van der Waals surface area contributed by atoms with Gasteiger partial charge in [0, 0.05) is 12.6 Å². The number of morpholine rings is 1. The Morgan fingerprint density at radius 2 is 2.38 bits per heavy atom. The Morgan fingerprint density at radius 1 is 1.54 bits per heavy atom. The number of hydrogen-bond acceptors (Lipinski definition) is 3. The molecule has 1 aliphatic rings. The fourth-order valence-electron chi connectivity index (χ4n) is 1.82. The van der Waals surface area contributed by atoms with Gasteiger partial charge in [-0.1, -0.05) is 6.92 Å². The summed E-state index contributed by atoms with van der Waals surface area (Å²) < 4.78 is 5.45. The lowest BCUT2D eigenvalue weighted by molar-refractivity contribution is -0.00880. The molecule has 0 amide bonds. The number of hydrogen-bond donors (Lipinski definition) is 1. The summed E-state index contributed by atoms with van der Waals surface area (Å²) in [6.07, 6.45) is 2.45. The highest BCUT2D eigenvalue weighted by Gasteiger charge is 2.20. The van der Waals surface area contributed by atoms with Crippen LogP contribution in [0.15, 0.2) is 0 Å².